The van der Waals surface area contributed by atoms with Crippen molar-refractivity contribution in [1.29, 1.82) is 0 Å². The molecule has 2 saturated heterocycles. The first kappa shape index (κ1) is 19.7. The van der Waals surface area contributed by atoms with E-state index in [1.165, 1.54) is 23.1 Å². The SMILES string of the molecule is O=C1C(=O)C(c2ccc(N3CCOCC3)s2)=C([O-])C1=C1C=CC(=[N+]2CCOCC2)S1. The highest BCUT2D eigenvalue weighted by atomic mass is 32.2. The van der Waals surface area contributed by atoms with Gasteiger partial charge < -0.3 is 19.5 Å². The molecule has 0 aromatic carbocycles. The number of hydrogen-bond acceptors (Lipinski definition) is 8. The molecule has 0 bridgehead atoms. The number of Topliss-reactive ketones (excluding diaryl/α,β-unsaturated/α-hetero) is 2. The molecule has 4 heterocycles. The Labute approximate surface area is 182 Å². The molecule has 5 rings (SSSR count). The smallest absolute Gasteiger partial charge is 0.239 e. The van der Waals surface area contributed by atoms with Crippen LogP contribution in [0, 0.1) is 0 Å². The Morgan fingerprint density at radius 3 is 2.40 bits per heavy atom. The van der Waals surface area contributed by atoms with E-state index < -0.39 is 17.3 Å². The highest BCUT2D eigenvalue weighted by Crippen LogP contribution is 2.41. The number of ether oxygens (including phenoxy) is 2. The highest BCUT2D eigenvalue weighted by Gasteiger charge is 2.37. The van der Waals surface area contributed by atoms with Gasteiger partial charge in [0.1, 0.15) is 13.2 Å². The first-order chi connectivity index (χ1) is 14.6. The van der Waals surface area contributed by atoms with Crippen LogP contribution in [0.4, 0.5) is 5.00 Å². The standard InChI is InChI=1S/C21H20N2O5S2/c24-19-17(13-1-3-15(29-13)22-5-9-27-10-6-22)20(25)21(26)18(19)14-2-4-16(30-14)23-7-11-28-12-8-23/h1-4H,5-12H2. The van der Waals surface area contributed by atoms with E-state index in [1.807, 2.05) is 12.1 Å². The molecule has 3 aliphatic heterocycles. The van der Waals surface area contributed by atoms with Gasteiger partial charge in [0.05, 0.1) is 18.2 Å². The summed E-state index contributed by atoms with van der Waals surface area (Å²) in [5.41, 5.74) is 0.00154. The first-order valence-corrected chi connectivity index (χ1v) is 11.5. The van der Waals surface area contributed by atoms with Gasteiger partial charge in [-0.15, -0.1) is 11.3 Å². The fraction of sp³-hybridized carbons (Fsp3) is 0.381. The average molecular weight is 445 g/mol. The Bertz CT molecular complexity index is 1040. The lowest BCUT2D eigenvalue weighted by molar-refractivity contribution is -0.546. The molecule has 0 spiro atoms. The molecular formula is C21H20N2O5S2. The van der Waals surface area contributed by atoms with Gasteiger partial charge in [0.25, 0.3) is 0 Å². The monoisotopic (exact) mass is 444 g/mol. The number of allylic oxidation sites excluding steroid dienone is 3. The van der Waals surface area contributed by atoms with Crippen LogP contribution in [0.1, 0.15) is 4.88 Å². The predicted octanol–water partition coefficient (Wildman–Crippen LogP) is 0.806. The molecule has 0 radical (unpaired) electrons. The molecule has 30 heavy (non-hydrogen) atoms. The van der Waals surface area contributed by atoms with Gasteiger partial charge in [0.15, 0.2) is 13.1 Å². The van der Waals surface area contributed by atoms with Gasteiger partial charge in [0, 0.05) is 40.1 Å². The largest absolute Gasteiger partial charge is 0.871 e. The molecular weight excluding hydrogens is 424 g/mol. The molecule has 0 atom stereocenters. The molecule has 4 aliphatic rings. The maximum atomic E-state index is 13.1. The number of thiophene rings is 1. The van der Waals surface area contributed by atoms with Crippen molar-refractivity contribution in [3.8, 4) is 0 Å². The van der Waals surface area contributed by atoms with Crippen LogP contribution in [0.15, 0.2) is 40.5 Å². The maximum Gasteiger partial charge on any atom is 0.239 e. The summed E-state index contributed by atoms with van der Waals surface area (Å²) >= 11 is 2.76. The fourth-order valence-electron chi connectivity index (χ4n) is 3.84. The third kappa shape index (κ3) is 3.45. The van der Waals surface area contributed by atoms with Crippen molar-refractivity contribution < 1.29 is 28.7 Å². The topological polar surface area (TPSA) is 81.9 Å². The van der Waals surface area contributed by atoms with Gasteiger partial charge in [-0.3, -0.25) is 9.59 Å². The number of thioether (sulfide) groups is 1. The van der Waals surface area contributed by atoms with Gasteiger partial charge in [-0.2, -0.15) is 0 Å². The summed E-state index contributed by atoms with van der Waals surface area (Å²) in [6.45, 7) is 5.70. The van der Waals surface area contributed by atoms with Crippen LogP contribution in [0.25, 0.3) is 5.57 Å². The number of rotatable bonds is 2. The third-order valence-corrected chi connectivity index (χ3v) is 7.76. The molecule has 1 aromatic rings. The van der Waals surface area contributed by atoms with Gasteiger partial charge in [-0.25, -0.2) is 4.58 Å². The van der Waals surface area contributed by atoms with Crippen LogP contribution >= 0.6 is 23.1 Å². The Hall–Kier alpha value is -2.20. The first-order valence-electron chi connectivity index (χ1n) is 9.87. The van der Waals surface area contributed by atoms with E-state index in [0.717, 1.165) is 36.2 Å². The second-order valence-corrected chi connectivity index (χ2v) is 9.34. The summed E-state index contributed by atoms with van der Waals surface area (Å²) < 4.78 is 12.9. The van der Waals surface area contributed by atoms with Crippen LogP contribution in [0.3, 0.4) is 0 Å². The zero-order valence-corrected chi connectivity index (χ0v) is 17.9. The Kier molecular flexibility index (Phi) is 5.36. The van der Waals surface area contributed by atoms with Crippen molar-refractivity contribution in [3.63, 3.8) is 0 Å². The number of nitrogens with zero attached hydrogens (tertiary/aromatic N) is 2. The summed E-state index contributed by atoms with van der Waals surface area (Å²) in [4.78, 5) is 28.7. The van der Waals surface area contributed by atoms with Crippen LogP contribution < -0.4 is 10.0 Å². The minimum Gasteiger partial charge on any atom is -0.871 e. The Balaban J connectivity index is 1.46. The highest BCUT2D eigenvalue weighted by molar-refractivity contribution is 8.18. The van der Waals surface area contributed by atoms with E-state index in [0.29, 0.717) is 36.2 Å². The minimum atomic E-state index is -0.702. The number of carbonyl (C=O) groups is 2. The third-order valence-electron chi connectivity index (χ3n) is 5.44. The van der Waals surface area contributed by atoms with Crippen LogP contribution in [-0.4, -0.2) is 73.8 Å². The van der Waals surface area contributed by atoms with E-state index in [9.17, 15) is 14.7 Å². The minimum absolute atomic E-state index is 0.000770. The summed E-state index contributed by atoms with van der Waals surface area (Å²) in [5, 5.41) is 15.1. The van der Waals surface area contributed by atoms with Crippen molar-refractivity contribution >= 4 is 50.3 Å². The number of carbonyl (C=O) groups excluding carboxylic acids is 2. The van der Waals surface area contributed by atoms with Crippen LogP contribution in [-0.2, 0) is 19.1 Å². The zero-order valence-electron chi connectivity index (χ0n) is 16.2. The average Bonchev–Trinajstić information content (AvgIpc) is 3.49. The second kappa shape index (κ2) is 8.14. The number of ketones is 2. The molecule has 0 N–H and O–H groups in total. The molecule has 7 nitrogen and oxygen atoms in total. The molecule has 156 valence electrons. The molecule has 0 saturated carbocycles. The maximum absolute atomic E-state index is 13.1. The molecule has 1 aromatic heterocycles. The van der Waals surface area contributed by atoms with Gasteiger partial charge in [0.2, 0.25) is 16.6 Å². The Morgan fingerprint density at radius 1 is 0.933 bits per heavy atom. The normalized spacial score (nSPS) is 25.3. The summed E-state index contributed by atoms with van der Waals surface area (Å²) in [6, 6.07) is 3.67. The van der Waals surface area contributed by atoms with E-state index in [4.69, 9.17) is 9.47 Å². The van der Waals surface area contributed by atoms with Crippen molar-refractivity contribution in [2.75, 3.05) is 57.5 Å². The van der Waals surface area contributed by atoms with E-state index in [1.54, 1.807) is 12.1 Å². The van der Waals surface area contributed by atoms with E-state index >= 15 is 0 Å². The predicted molar refractivity (Wildman–Crippen MR) is 114 cm³/mol. The number of anilines is 1. The van der Waals surface area contributed by atoms with Crippen molar-refractivity contribution in [2.45, 2.75) is 0 Å². The molecule has 0 unspecified atom stereocenters. The summed E-state index contributed by atoms with van der Waals surface area (Å²) in [7, 11) is 0. The van der Waals surface area contributed by atoms with Gasteiger partial charge in [-0.05, 0) is 30.0 Å². The molecule has 0 amide bonds. The lowest BCUT2D eigenvalue weighted by Gasteiger charge is -2.27. The van der Waals surface area contributed by atoms with Crippen molar-refractivity contribution in [1.82, 2.24) is 0 Å². The van der Waals surface area contributed by atoms with Crippen LogP contribution in [0.2, 0.25) is 0 Å². The lowest BCUT2D eigenvalue weighted by atomic mass is 10.1. The zero-order chi connectivity index (χ0) is 20.7. The second-order valence-electron chi connectivity index (χ2n) is 7.21. The number of morpholine rings is 2. The van der Waals surface area contributed by atoms with Crippen molar-refractivity contribution in [3.05, 3.63) is 45.4 Å². The molecule has 2 fully saturated rings. The van der Waals surface area contributed by atoms with Gasteiger partial charge >= 0.3 is 0 Å². The lowest BCUT2D eigenvalue weighted by Crippen LogP contribution is -2.35. The summed E-state index contributed by atoms with van der Waals surface area (Å²) in [6.07, 6.45) is 3.67. The quantitative estimate of drug-likeness (QED) is 0.379. The number of hydrogen-bond donors (Lipinski definition) is 0. The van der Waals surface area contributed by atoms with Crippen LogP contribution in [0.5, 0.6) is 0 Å². The molecule has 1 aliphatic carbocycles. The fourth-order valence-corrected chi connectivity index (χ4v) is 6.03. The molecule has 9 heteroatoms. The van der Waals surface area contributed by atoms with E-state index in [2.05, 4.69) is 9.48 Å². The van der Waals surface area contributed by atoms with Crippen molar-refractivity contribution in [2.24, 2.45) is 0 Å². The van der Waals surface area contributed by atoms with Gasteiger partial charge in [-0.1, -0.05) is 5.76 Å². The summed E-state index contributed by atoms with van der Waals surface area (Å²) in [5.74, 6) is -1.87. The van der Waals surface area contributed by atoms with E-state index in [-0.39, 0.29) is 11.1 Å². The Morgan fingerprint density at radius 2 is 1.63 bits per heavy atom.